The molecule has 9 rings (SSSR count). The first-order valence-corrected chi connectivity index (χ1v) is 20.1. The van der Waals surface area contributed by atoms with Crippen LogP contribution in [0.4, 0.5) is 11.4 Å². The molecule has 0 bridgehead atoms. The second-order valence-corrected chi connectivity index (χ2v) is 15.4. The van der Waals surface area contributed by atoms with Gasteiger partial charge in [-0.2, -0.15) is 0 Å². The predicted molar refractivity (Wildman–Crippen MR) is 219 cm³/mol. The van der Waals surface area contributed by atoms with Crippen LogP contribution in [0.2, 0.25) is 0 Å². The number of anilines is 2. The quantitative estimate of drug-likeness (QED) is 0.201. The molecule has 9 heteroatoms. The van der Waals surface area contributed by atoms with Gasteiger partial charge in [-0.3, -0.25) is 24.6 Å². The fourth-order valence-corrected chi connectivity index (χ4v) is 9.16. The highest BCUT2D eigenvalue weighted by Gasteiger charge is 2.32. The number of carbonyl (C=O) groups is 3. The molecule has 288 valence electrons. The van der Waals surface area contributed by atoms with Crippen LogP contribution < -0.4 is 20.4 Å². The number of carbonyl (C=O) groups excluding carboxylic acids is 3. The fourth-order valence-electron chi connectivity index (χ4n) is 9.16. The van der Waals surface area contributed by atoms with E-state index < -0.39 is 0 Å². The molecule has 3 saturated heterocycles. The number of fused-ring (bicyclic) bond motifs is 2. The maximum Gasteiger partial charge on any atom is 0.251 e. The lowest BCUT2D eigenvalue weighted by molar-refractivity contribution is -0.132. The largest absolute Gasteiger partial charge is 0.400 e. The number of piperazine rings is 1. The van der Waals surface area contributed by atoms with Gasteiger partial charge in [0.2, 0.25) is 11.8 Å². The van der Waals surface area contributed by atoms with Crippen LogP contribution in [-0.2, 0) is 22.6 Å². The number of hydrogen-bond donors (Lipinski definition) is 3. The summed E-state index contributed by atoms with van der Waals surface area (Å²) in [6.45, 7) is 8.51. The third-order valence-corrected chi connectivity index (χ3v) is 12.1. The molecule has 55 heavy (non-hydrogen) atoms. The molecule has 9 nitrogen and oxygen atoms in total. The van der Waals surface area contributed by atoms with E-state index in [0.29, 0.717) is 37.6 Å². The first kappa shape index (κ1) is 38.3. The highest BCUT2D eigenvalue weighted by Crippen LogP contribution is 2.46. The van der Waals surface area contributed by atoms with Crippen molar-refractivity contribution in [3.8, 4) is 0 Å². The Labute approximate surface area is 325 Å². The Morgan fingerprint density at radius 1 is 0.636 bits per heavy atom. The summed E-state index contributed by atoms with van der Waals surface area (Å²) in [5.41, 5.74) is 10.5. The predicted octanol–water partition coefficient (Wildman–Crippen LogP) is 6.25. The molecule has 3 amide bonds. The Hall–Kier alpha value is -4.99. The number of hydrogen-bond acceptors (Lipinski definition) is 7. The summed E-state index contributed by atoms with van der Waals surface area (Å²) in [6.07, 6.45) is 6.61. The number of benzene rings is 4. The van der Waals surface area contributed by atoms with Gasteiger partial charge in [0.25, 0.3) is 5.91 Å². The van der Waals surface area contributed by atoms with E-state index in [9.17, 15) is 14.4 Å². The normalized spacial score (nSPS) is 21.2. The topological polar surface area (TPSA) is 105 Å². The van der Waals surface area contributed by atoms with E-state index >= 15 is 0 Å². The Bertz CT molecular complexity index is 1900. The molecular weight excluding hydrogens is 687 g/mol. The second kappa shape index (κ2) is 18.1. The number of aliphatic hydroxyl groups excluding tert-OH is 1. The van der Waals surface area contributed by atoms with Gasteiger partial charge in [-0.05, 0) is 102 Å². The number of piperidine rings is 2. The molecular formula is C46H55N5O4. The molecule has 3 N–H and O–H groups in total. The van der Waals surface area contributed by atoms with E-state index in [4.69, 9.17) is 5.11 Å². The summed E-state index contributed by atoms with van der Waals surface area (Å²) in [4.78, 5) is 40.4. The van der Waals surface area contributed by atoms with Crippen LogP contribution in [-0.4, -0.2) is 80.7 Å². The van der Waals surface area contributed by atoms with E-state index in [-0.39, 0.29) is 17.7 Å². The van der Waals surface area contributed by atoms with Gasteiger partial charge < -0.3 is 20.2 Å². The van der Waals surface area contributed by atoms with Gasteiger partial charge in [-0.15, -0.1) is 0 Å². The van der Waals surface area contributed by atoms with Gasteiger partial charge in [-0.1, -0.05) is 66.7 Å². The van der Waals surface area contributed by atoms with Crippen molar-refractivity contribution < 1.29 is 19.5 Å². The minimum Gasteiger partial charge on any atom is -0.400 e. The highest BCUT2D eigenvalue weighted by molar-refractivity contribution is 5.99. The minimum absolute atomic E-state index is 0.0620. The molecule has 0 saturated carbocycles. The van der Waals surface area contributed by atoms with Crippen LogP contribution in [0.3, 0.4) is 0 Å². The molecule has 4 heterocycles. The van der Waals surface area contributed by atoms with Crippen LogP contribution >= 0.6 is 0 Å². The van der Waals surface area contributed by atoms with E-state index in [2.05, 4.69) is 116 Å². The number of nitrogens with zero attached hydrogens (tertiary/aromatic N) is 3. The zero-order chi connectivity index (χ0) is 38.1. The number of nitrogens with one attached hydrogen (secondary N) is 2. The van der Waals surface area contributed by atoms with Gasteiger partial charge in [0.05, 0.1) is 0 Å². The van der Waals surface area contributed by atoms with Gasteiger partial charge in [-0.25, -0.2) is 0 Å². The second-order valence-electron chi connectivity index (χ2n) is 15.4. The van der Waals surface area contributed by atoms with Crippen LogP contribution in [0, 0.1) is 5.92 Å². The van der Waals surface area contributed by atoms with Crippen molar-refractivity contribution >= 4 is 29.1 Å². The molecule has 3 fully saturated rings. The number of aliphatic hydroxyl groups is 1. The Morgan fingerprint density at radius 3 is 1.98 bits per heavy atom. The average Bonchev–Trinajstić information content (AvgIpc) is 3.61. The third kappa shape index (κ3) is 9.11. The summed E-state index contributed by atoms with van der Waals surface area (Å²) < 4.78 is 0. The summed E-state index contributed by atoms with van der Waals surface area (Å²) in [5.74, 6) is 1.48. The zero-order valence-corrected chi connectivity index (χ0v) is 32.1. The summed E-state index contributed by atoms with van der Waals surface area (Å²) >= 11 is 0. The first-order valence-electron chi connectivity index (χ1n) is 20.1. The fraction of sp³-hybridized carbons (Fsp3) is 0.413. The SMILES string of the molecule is CO.O=C1CCCC(=O)N1.O=C1NCc2cc(N3CCN(CC4CCN(c5ccc(C6c7ccccc7CCC6c6ccccc6)cc5)CC4)CC3)ccc21. The van der Waals surface area contributed by atoms with E-state index in [1.165, 1.54) is 59.4 Å². The van der Waals surface area contributed by atoms with Gasteiger partial charge in [0, 0.05) is 95.2 Å². The monoisotopic (exact) mass is 741 g/mol. The molecule has 4 aliphatic heterocycles. The number of amides is 3. The maximum atomic E-state index is 11.9. The van der Waals surface area contributed by atoms with Crippen molar-refractivity contribution in [1.29, 1.82) is 0 Å². The first-order chi connectivity index (χ1) is 27.0. The summed E-state index contributed by atoms with van der Waals surface area (Å²) in [6, 6.07) is 36.2. The lowest BCUT2D eigenvalue weighted by Crippen LogP contribution is -2.49. The van der Waals surface area contributed by atoms with Crippen molar-refractivity contribution in [3.63, 3.8) is 0 Å². The lowest BCUT2D eigenvalue weighted by atomic mass is 9.69. The number of aryl methyl sites for hydroxylation is 1. The Morgan fingerprint density at radius 2 is 1.29 bits per heavy atom. The van der Waals surface area contributed by atoms with Crippen LogP contribution in [0.1, 0.15) is 88.5 Å². The summed E-state index contributed by atoms with van der Waals surface area (Å²) in [5, 5.41) is 12.1. The Balaban J connectivity index is 0.000000411. The van der Waals surface area contributed by atoms with Gasteiger partial charge >= 0.3 is 0 Å². The summed E-state index contributed by atoms with van der Waals surface area (Å²) in [7, 11) is 1.00. The van der Waals surface area contributed by atoms with Crippen LogP contribution in [0.15, 0.2) is 97.1 Å². The molecule has 0 spiro atoms. The van der Waals surface area contributed by atoms with Crippen molar-refractivity contribution in [3.05, 3.63) is 130 Å². The number of rotatable bonds is 6. The molecule has 2 atom stereocenters. The molecule has 4 aromatic carbocycles. The van der Waals surface area contributed by atoms with Crippen molar-refractivity contribution in [2.24, 2.45) is 5.92 Å². The maximum absolute atomic E-state index is 11.9. The molecule has 0 aromatic heterocycles. The van der Waals surface area contributed by atoms with Crippen molar-refractivity contribution in [1.82, 2.24) is 15.5 Å². The van der Waals surface area contributed by atoms with Crippen LogP contribution in [0.25, 0.3) is 0 Å². The smallest absolute Gasteiger partial charge is 0.251 e. The molecule has 2 unspecified atom stereocenters. The minimum atomic E-state index is -0.138. The van der Waals surface area contributed by atoms with Crippen molar-refractivity contribution in [2.75, 3.05) is 62.7 Å². The lowest BCUT2D eigenvalue weighted by Gasteiger charge is -2.40. The molecule has 1 aliphatic carbocycles. The zero-order valence-electron chi connectivity index (χ0n) is 32.1. The third-order valence-electron chi connectivity index (χ3n) is 12.1. The molecule has 4 aromatic rings. The van der Waals surface area contributed by atoms with Crippen molar-refractivity contribution in [2.45, 2.75) is 63.3 Å². The standard InChI is InChI=1S/C40H44N4O.C5H7NO2.CH4O/c45-40-38-17-15-35(26-33(38)27-41-40)44-24-22-42(23-25-44)28-29-18-20-43(21-19-29)34-13-10-32(11-14-34)39-36-9-5-4-8-31(36)12-16-37(39)30-6-2-1-3-7-30;7-4-2-1-3-5(8)6-4;1-2/h1-11,13-15,17,26,29,37,39H,12,16,18-25,27-28H2,(H,41,45);1-3H2,(H,6,7,8);2H,1H3. The van der Waals surface area contributed by atoms with Gasteiger partial charge in [0.1, 0.15) is 0 Å². The van der Waals surface area contributed by atoms with E-state index in [1.54, 1.807) is 0 Å². The van der Waals surface area contributed by atoms with E-state index in [0.717, 1.165) is 69.8 Å². The number of imide groups is 1. The Kier molecular flexibility index (Phi) is 12.6. The highest BCUT2D eigenvalue weighted by atomic mass is 16.2. The molecule has 5 aliphatic rings. The van der Waals surface area contributed by atoms with E-state index in [1.807, 2.05) is 6.07 Å². The molecule has 0 radical (unpaired) electrons. The average molecular weight is 742 g/mol. The van der Waals surface area contributed by atoms with Crippen LogP contribution in [0.5, 0.6) is 0 Å². The van der Waals surface area contributed by atoms with Gasteiger partial charge in [0.15, 0.2) is 0 Å².